The summed E-state index contributed by atoms with van der Waals surface area (Å²) in [7, 11) is 1.56. The minimum atomic E-state index is -1.39. The van der Waals surface area contributed by atoms with E-state index in [4.69, 9.17) is 16.3 Å². The van der Waals surface area contributed by atoms with Gasteiger partial charge in [-0.15, -0.1) is 0 Å². The van der Waals surface area contributed by atoms with Gasteiger partial charge in [0.2, 0.25) is 0 Å². The zero-order valence-electron chi connectivity index (χ0n) is 10.1. The van der Waals surface area contributed by atoms with E-state index in [1.807, 2.05) is 0 Å². The molecule has 0 saturated carbocycles. The van der Waals surface area contributed by atoms with Crippen LogP contribution >= 0.6 is 11.6 Å². The second-order valence-electron chi connectivity index (χ2n) is 4.20. The number of carbonyl (C=O) groups is 1. The van der Waals surface area contributed by atoms with Crippen molar-refractivity contribution in [2.45, 2.75) is 26.0 Å². The van der Waals surface area contributed by atoms with Gasteiger partial charge < -0.3 is 15.2 Å². The Morgan fingerprint density at radius 3 is 2.65 bits per heavy atom. The van der Waals surface area contributed by atoms with E-state index in [9.17, 15) is 9.90 Å². The largest absolute Gasteiger partial charge is 0.497 e. The first-order chi connectivity index (χ1) is 7.84. The predicted octanol–water partition coefficient (Wildman–Crippen LogP) is 1.74. The van der Waals surface area contributed by atoms with Gasteiger partial charge in [0, 0.05) is 11.6 Å². The molecule has 5 heteroatoms. The first-order valence-corrected chi connectivity index (χ1v) is 5.55. The lowest BCUT2D eigenvalue weighted by atomic mass is 10.1. The maximum Gasteiger partial charge on any atom is 0.251 e. The summed E-state index contributed by atoms with van der Waals surface area (Å²) in [6.45, 7) is 3.13. The first kappa shape index (κ1) is 13.8. The molecule has 2 N–H and O–H groups in total. The van der Waals surface area contributed by atoms with Gasteiger partial charge in [-0.3, -0.25) is 4.79 Å². The van der Waals surface area contributed by atoms with Crippen LogP contribution in [0.1, 0.15) is 19.4 Å². The lowest BCUT2D eigenvalue weighted by Gasteiger charge is -2.17. The minimum absolute atomic E-state index is 0.269. The molecule has 0 heterocycles. The molecule has 0 aliphatic carbocycles. The lowest BCUT2D eigenvalue weighted by molar-refractivity contribution is -0.136. The quantitative estimate of drug-likeness (QED) is 0.864. The fourth-order valence-corrected chi connectivity index (χ4v) is 1.43. The SMILES string of the molecule is COc1ccc(CNC(=O)C(C)(C)O)c(Cl)c1. The van der Waals surface area contributed by atoms with E-state index < -0.39 is 11.5 Å². The van der Waals surface area contributed by atoms with Crippen molar-refractivity contribution in [3.8, 4) is 5.75 Å². The summed E-state index contributed by atoms with van der Waals surface area (Å²) >= 11 is 6.01. The van der Waals surface area contributed by atoms with Crippen molar-refractivity contribution in [2.75, 3.05) is 7.11 Å². The number of nitrogens with one attached hydrogen (secondary N) is 1. The third-order valence-electron chi connectivity index (χ3n) is 2.26. The highest BCUT2D eigenvalue weighted by atomic mass is 35.5. The van der Waals surface area contributed by atoms with Gasteiger partial charge >= 0.3 is 0 Å². The van der Waals surface area contributed by atoms with Crippen molar-refractivity contribution in [1.82, 2.24) is 5.32 Å². The van der Waals surface area contributed by atoms with Gasteiger partial charge in [0.25, 0.3) is 5.91 Å². The van der Waals surface area contributed by atoms with Crippen LogP contribution in [0.3, 0.4) is 0 Å². The number of rotatable bonds is 4. The summed E-state index contributed by atoms with van der Waals surface area (Å²) in [4.78, 5) is 11.4. The number of halogens is 1. The van der Waals surface area contributed by atoms with E-state index >= 15 is 0 Å². The van der Waals surface area contributed by atoms with Gasteiger partial charge in [0.05, 0.1) is 7.11 Å². The Balaban J connectivity index is 2.67. The Bertz CT molecular complexity index is 413. The highest BCUT2D eigenvalue weighted by Gasteiger charge is 2.23. The molecule has 0 fully saturated rings. The van der Waals surface area contributed by atoms with Crippen molar-refractivity contribution in [1.29, 1.82) is 0 Å². The number of ether oxygens (including phenoxy) is 1. The number of benzene rings is 1. The topological polar surface area (TPSA) is 58.6 Å². The third-order valence-corrected chi connectivity index (χ3v) is 2.61. The number of carbonyl (C=O) groups excluding carboxylic acids is 1. The highest BCUT2D eigenvalue weighted by Crippen LogP contribution is 2.22. The maximum absolute atomic E-state index is 11.4. The zero-order chi connectivity index (χ0) is 13.1. The monoisotopic (exact) mass is 257 g/mol. The Hall–Kier alpha value is -1.26. The molecule has 4 nitrogen and oxygen atoms in total. The smallest absolute Gasteiger partial charge is 0.251 e. The van der Waals surface area contributed by atoms with E-state index in [1.165, 1.54) is 13.8 Å². The van der Waals surface area contributed by atoms with Gasteiger partial charge in [-0.25, -0.2) is 0 Å². The lowest BCUT2D eigenvalue weighted by Crippen LogP contribution is -2.41. The minimum Gasteiger partial charge on any atom is -0.497 e. The molecular formula is C12H16ClNO3. The van der Waals surface area contributed by atoms with E-state index in [0.29, 0.717) is 10.8 Å². The molecule has 0 saturated heterocycles. The van der Waals surface area contributed by atoms with Crippen molar-refractivity contribution in [2.24, 2.45) is 0 Å². The Labute approximate surface area is 106 Å². The zero-order valence-corrected chi connectivity index (χ0v) is 10.8. The number of hydrogen-bond donors (Lipinski definition) is 2. The molecule has 0 aromatic heterocycles. The fraction of sp³-hybridized carbons (Fsp3) is 0.417. The van der Waals surface area contributed by atoms with Crippen molar-refractivity contribution < 1.29 is 14.6 Å². The molecule has 0 atom stereocenters. The van der Waals surface area contributed by atoms with Gasteiger partial charge in [-0.05, 0) is 31.5 Å². The first-order valence-electron chi connectivity index (χ1n) is 5.17. The molecule has 0 radical (unpaired) electrons. The van der Waals surface area contributed by atoms with E-state index in [2.05, 4.69) is 5.32 Å². The van der Waals surface area contributed by atoms with Gasteiger partial charge in [-0.2, -0.15) is 0 Å². The number of amides is 1. The molecular weight excluding hydrogens is 242 g/mol. The summed E-state index contributed by atoms with van der Waals surface area (Å²) in [6.07, 6.45) is 0. The van der Waals surface area contributed by atoms with E-state index in [1.54, 1.807) is 25.3 Å². The fourth-order valence-electron chi connectivity index (χ4n) is 1.19. The van der Waals surface area contributed by atoms with Gasteiger partial charge in [0.1, 0.15) is 11.4 Å². The third kappa shape index (κ3) is 3.91. The van der Waals surface area contributed by atoms with Crippen molar-refractivity contribution in [3.05, 3.63) is 28.8 Å². The molecule has 0 aliphatic heterocycles. The van der Waals surface area contributed by atoms with Crippen LogP contribution in [0.2, 0.25) is 5.02 Å². The number of methoxy groups -OCH3 is 1. The van der Waals surface area contributed by atoms with Crippen LogP contribution in [0.4, 0.5) is 0 Å². The Kier molecular flexibility index (Phi) is 4.37. The van der Waals surface area contributed by atoms with Crippen molar-refractivity contribution >= 4 is 17.5 Å². The Morgan fingerprint density at radius 1 is 1.53 bits per heavy atom. The maximum atomic E-state index is 11.4. The molecule has 1 amide bonds. The summed E-state index contributed by atoms with van der Waals surface area (Å²) in [6, 6.07) is 5.20. The number of aliphatic hydroxyl groups is 1. The van der Waals surface area contributed by atoms with Gasteiger partial charge in [-0.1, -0.05) is 17.7 Å². The summed E-state index contributed by atoms with van der Waals surface area (Å²) in [5, 5.41) is 12.6. The molecule has 0 unspecified atom stereocenters. The second kappa shape index (κ2) is 5.38. The second-order valence-corrected chi connectivity index (χ2v) is 4.61. The van der Waals surface area contributed by atoms with Crippen LogP contribution in [-0.2, 0) is 11.3 Å². The van der Waals surface area contributed by atoms with Crippen LogP contribution < -0.4 is 10.1 Å². The van der Waals surface area contributed by atoms with E-state index in [0.717, 1.165) is 5.56 Å². The van der Waals surface area contributed by atoms with Crippen LogP contribution in [0.25, 0.3) is 0 Å². The Morgan fingerprint density at radius 2 is 2.18 bits per heavy atom. The summed E-state index contributed by atoms with van der Waals surface area (Å²) in [5.74, 6) is 0.219. The predicted molar refractivity (Wildman–Crippen MR) is 66.1 cm³/mol. The average Bonchev–Trinajstić information content (AvgIpc) is 2.25. The molecule has 0 spiro atoms. The van der Waals surface area contributed by atoms with Crippen LogP contribution in [-0.4, -0.2) is 23.7 Å². The molecule has 0 bridgehead atoms. The molecule has 1 aromatic rings. The summed E-state index contributed by atoms with van der Waals surface area (Å²) < 4.78 is 5.02. The molecule has 1 aromatic carbocycles. The van der Waals surface area contributed by atoms with Crippen LogP contribution in [0, 0.1) is 0 Å². The van der Waals surface area contributed by atoms with Crippen LogP contribution in [0.15, 0.2) is 18.2 Å². The highest BCUT2D eigenvalue weighted by molar-refractivity contribution is 6.31. The van der Waals surface area contributed by atoms with E-state index in [-0.39, 0.29) is 6.54 Å². The molecule has 94 valence electrons. The van der Waals surface area contributed by atoms with Crippen LogP contribution in [0.5, 0.6) is 5.75 Å². The summed E-state index contributed by atoms with van der Waals surface area (Å²) in [5.41, 5.74) is -0.621. The molecule has 0 aliphatic rings. The van der Waals surface area contributed by atoms with Gasteiger partial charge in [0.15, 0.2) is 0 Å². The normalized spacial score (nSPS) is 11.1. The number of hydrogen-bond acceptors (Lipinski definition) is 3. The van der Waals surface area contributed by atoms with Crippen molar-refractivity contribution in [3.63, 3.8) is 0 Å². The molecule has 17 heavy (non-hydrogen) atoms. The standard InChI is InChI=1S/C12H16ClNO3/c1-12(2,16)11(15)14-7-8-4-5-9(17-3)6-10(8)13/h4-6,16H,7H2,1-3H3,(H,14,15). The average molecular weight is 258 g/mol. The molecule has 1 rings (SSSR count).